The van der Waals surface area contributed by atoms with Crippen LogP contribution in [0.4, 0.5) is 8.78 Å². The second kappa shape index (κ2) is 6.74. The van der Waals surface area contributed by atoms with E-state index in [1.807, 2.05) is 0 Å². The van der Waals surface area contributed by atoms with Crippen molar-refractivity contribution in [3.8, 4) is 0 Å². The van der Waals surface area contributed by atoms with Crippen LogP contribution in [-0.4, -0.2) is 38.7 Å². The van der Waals surface area contributed by atoms with Gasteiger partial charge in [-0.25, -0.2) is 8.78 Å². The lowest BCUT2D eigenvalue weighted by molar-refractivity contribution is -0.0508. The van der Waals surface area contributed by atoms with Gasteiger partial charge in [0.05, 0.1) is 6.61 Å². The van der Waals surface area contributed by atoms with E-state index < -0.39 is 5.92 Å². The highest BCUT2D eigenvalue weighted by Gasteiger charge is 2.35. The van der Waals surface area contributed by atoms with Crippen LogP contribution in [-0.2, 0) is 4.74 Å². The summed E-state index contributed by atoms with van der Waals surface area (Å²) in [6.45, 7) is 1.49. The maximum Gasteiger partial charge on any atom is 0.248 e. The summed E-state index contributed by atoms with van der Waals surface area (Å²) in [4.78, 5) is 4.08. The summed E-state index contributed by atoms with van der Waals surface area (Å²) in [7, 11) is 1.60. The summed E-state index contributed by atoms with van der Waals surface area (Å²) >= 11 is 0. The Balaban J connectivity index is 2.26. The average Bonchev–Trinajstić information content (AvgIpc) is 2.25. The summed E-state index contributed by atoms with van der Waals surface area (Å²) in [5, 5.41) is 2.86. The number of nitrogens with two attached hydrogens (primary N) is 1. The number of ether oxygens (including phenoxy) is 1. The zero-order chi connectivity index (χ0) is 12.7. The SMILES string of the molecule is COCCNC(N)=NCC1CCCC(F)(F)C1. The van der Waals surface area contributed by atoms with Crippen molar-refractivity contribution in [3.63, 3.8) is 0 Å². The third-order valence-electron chi connectivity index (χ3n) is 2.87. The maximum absolute atomic E-state index is 13.1. The number of rotatable bonds is 5. The Kier molecular flexibility index (Phi) is 5.61. The predicted molar refractivity (Wildman–Crippen MR) is 63.3 cm³/mol. The molecule has 1 atom stereocenters. The molecule has 4 nitrogen and oxygen atoms in total. The molecule has 0 radical (unpaired) electrons. The number of nitrogens with one attached hydrogen (secondary N) is 1. The number of methoxy groups -OCH3 is 1. The van der Waals surface area contributed by atoms with Crippen LogP contribution in [0.25, 0.3) is 0 Å². The van der Waals surface area contributed by atoms with E-state index in [1.165, 1.54) is 0 Å². The van der Waals surface area contributed by atoms with Crippen LogP contribution in [0.15, 0.2) is 4.99 Å². The fourth-order valence-electron chi connectivity index (χ4n) is 2.00. The first-order chi connectivity index (χ1) is 8.03. The fraction of sp³-hybridized carbons (Fsp3) is 0.909. The molecule has 3 N–H and O–H groups in total. The third-order valence-corrected chi connectivity index (χ3v) is 2.87. The van der Waals surface area contributed by atoms with E-state index in [1.54, 1.807) is 7.11 Å². The van der Waals surface area contributed by atoms with Gasteiger partial charge in [0.2, 0.25) is 5.92 Å². The predicted octanol–water partition coefficient (Wildman–Crippen LogP) is 1.36. The van der Waals surface area contributed by atoms with Gasteiger partial charge in [0.25, 0.3) is 0 Å². The molecule has 0 heterocycles. The number of aliphatic imine (C=N–C) groups is 1. The Morgan fingerprint density at radius 2 is 2.35 bits per heavy atom. The van der Waals surface area contributed by atoms with Gasteiger partial charge in [0.15, 0.2) is 5.96 Å². The molecule has 1 aliphatic carbocycles. The molecule has 0 aromatic carbocycles. The molecule has 0 bridgehead atoms. The van der Waals surface area contributed by atoms with Crippen molar-refractivity contribution in [2.24, 2.45) is 16.6 Å². The molecule has 1 aliphatic rings. The quantitative estimate of drug-likeness (QED) is 0.439. The van der Waals surface area contributed by atoms with Crippen molar-refractivity contribution in [3.05, 3.63) is 0 Å². The van der Waals surface area contributed by atoms with Crippen molar-refractivity contribution in [1.82, 2.24) is 5.32 Å². The van der Waals surface area contributed by atoms with Gasteiger partial charge >= 0.3 is 0 Å². The van der Waals surface area contributed by atoms with Crippen LogP contribution in [0, 0.1) is 5.92 Å². The van der Waals surface area contributed by atoms with Crippen LogP contribution in [0.1, 0.15) is 25.7 Å². The first-order valence-corrected chi connectivity index (χ1v) is 5.94. The first-order valence-electron chi connectivity index (χ1n) is 5.94. The zero-order valence-electron chi connectivity index (χ0n) is 10.2. The smallest absolute Gasteiger partial charge is 0.248 e. The number of nitrogens with zero attached hydrogens (tertiary/aromatic N) is 1. The number of hydrogen-bond acceptors (Lipinski definition) is 2. The van der Waals surface area contributed by atoms with E-state index in [0.717, 1.165) is 6.42 Å². The molecule has 0 aromatic rings. The highest BCUT2D eigenvalue weighted by molar-refractivity contribution is 5.77. The van der Waals surface area contributed by atoms with E-state index in [0.29, 0.717) is 32.1 Å². The fourth-order valence-corrected chi connectivity index (χ4v) is 2.00. The summed E-state index contributed by atoms with van der Waals surface area (Å²) in [6, 6.07) is 0. The summed E-state index contributed by atoms with van der Waals surface area (Å²) in [5.74, 6) is -2.27. The lowest BCUT2D eigenvalue weighted by atomic mass is 9.87. The van der Waals surface area contributed by atoms with Gasteiger partial charge in [-0.1, -0.05) is 0 Å². The van der Waals surface area contributed by atoms with Crippen molar-refractivity contribution < 1.29 is 13.5 Å². The van der Waals surface area contributed by atoms with E-state index in [-0.39, 0.29) is 18.8 Å². The molecule has 17 heavy (non-hydrogen) atoms. The molecule has 100 valence electrons. The molecule has 0 amide bonds. The summed E-state index contributed by atoms with van der Waals surface area (Å²) in [6.07, 6.45) is 1.32. The molecule has 0 aromatic heterocycles. The van der Waals surface area contributed by atoms with Crippen LogP contribution < -0.4 is 11.1 Å². The second-order valence-corrected chi connectivity index (χ2v) is 4.46. The highest BCUT2D eigenvalue weighted by atomic mass is 19.3. The Morgan fingerprint density at radius 1 is 1.59 bits per heavy atom. The van der Waals surface area contributed by atoms with Gasteiger partial charge < -0.3 is 15.8 Å². The number of halogens is 2. The molecule has 0 spiro atoms. The highest BCUT2D eigenvalue weighted by Crippen LogP contribution is 2.36. The minimum atomic E-state index is -2.52. The molecular formula is C11H21F2N3O. The Morgan fingerprint density at radius 3 is 3.00 bits per heavy atom. The van der Waals surface area contributed by atoms with Gasteiger partial charge in [0.1, 0.15) is 0 Å². The zero-order valence-corrected chi connectivity index (χ0v) is 10.2. The van der Waals surface area contributed by atoms with E-state index in [4.69, 9.17) is 10.5 Å². The molecule has 1 fully saturated rings. The third kappa shape index (κ3) is 5.81. The van der Waals surface area contributed by atoms with Gasteiger partial charge in [-0.15, -0.1) is 0 Å². The Bertz CT molecular complexity index is 259. The van der Waals surface area contributed by atoms with Gasteiger partial charge in [0, 0.05) is 33.0 Å². The Labute approximate surface area is 101 Å². The van der Waals surface area contributed by atoms with E-state index in [9.17, 15) is 8.78 Å². The lowest BCUT2D eigenvalue weighted by Crippen LogP contribution is -2.35. The Hall–Kier alpha value is -0.910. The van der Waals surface area contributed by atoms with Crippen LogP contribution in [0.5, 0.6) is 0 Å². The minimum Gasteiger partial charge on any atom is -0.383 e. The van der Waals surface area contributed by atoms with E-state index in [2.05, 4.69) is 10.3 Å². The number of alkyl halides is 2. The first kappa shape index (κ1) is 14.2. The molecule has 1 saturated carbocycles. The van der Waals surface area contributed by atoms with Crippen molar-refractivity contribution in [1.29, 1.82) is 0 Å². The van der Waals surface area contributed by atoms with Crippen LogP contribution in [0.3, 0.4) is 0 Å². The monoisotopic (exact) mass is 249 g/mol. The molecule has 0 saturated heterocycles. The second-order valence-electron chi connectivity index (χ2n) is 4.46. The van der Waals surface area contributed by atoms with Gasteiger partial charge in [-0.05, 0) is 18.8 Å². The standard InChI is InChI=1S/C11H21F2N3O/c1-17-6-5-15-10(14)16-8-9-3-2-4-11(12,13)7-9/h9H,2-8H2,1H3,(H3,14,15,16). The average molecular weight is 249 g/mol. The van der Waals surface area contributed by atoms with Gasteiger partial charge in [-0.3, -0.25) is 4.99 Å². The maximum atomic E-state index is 13.1. The summed E-state index contributed by atoms with van der Waals surface area (Å²) < 4.78 is 31.1. The molecule has 1 unspecified atom stereocenters. The molecule has 0 aliphatic heterocycles. The van der Waals surface area contributed by atoms with E-state index >= 15 is 0 Å². The molecular weight excluding hydrogens is 228 g/mol. The minimum absolute atomic E-state index is 0.00872. The van der Waals surface area contributed by atoms with Crippen LogP contribution >= 0.6 is 0 Å². The normalized spacial score (nSPS) is 24.6. The van der Waals surface area contributed by atoms with Crippen LogP contribution in [0.2, 0.25) is 0 Å². The topological polar surface area (TPSA) is 59.6 Å². The summed E-state index contributed by atoms with van der Waals surface area (Å²) in [5.41, 5.74) is 5.60. The van der Waals surface area contributed by atoms with Crippen molar-refractivity contribution >= 4 is 5.96 Å². The largest absolute Gasteiger partial charge is 0.383 e. The van der Waals surface area contributed by atoms with Crippen molar-refractivity contribution in [2.45, 2.75) is 31.6 Å². The number of guanidine groups is 1. The van der Waals surface area contributed by atoms with Gasteiger partial charge in [-0.2, -0.15) is 0 Å². The molecule has 6 heteroatoms. The number of hydrogen-bond donors (Lipinski definition) is 2. The van der Waals surface area contributed by atoms with Crippen molar-refractivity contribution in [2.75, 3.05) is 26.8 Å². The lowest BCUT2D eigenvalue weighted by Gasteiger charge is -2.27. The molecule has 1 rings (SSSR count).